The molecule has 1 amide bonds. The van der Waals surface area contributed by atoms with Crippen molar-refractivity contribution in [1.82, 2.24) is 4.98 Å². The third-order valence-corrected chi connectivity index (χ3v) is 2.15. The minimum atomic E-state index is -0.383. The van der Waals surface area contributed by atoms with E-state index >= 15 is 0 Å². The summed E-state index contributed by atoms with van der Waals surface area (Å²) in [5, 5.41) is 0. The third-order valence-electron chi connectivity index (χ3n) is 1.24. The molecular formula is C6H9N3OS. The van der Waals surface area contributed by atoms with Crippen molar-refractivity contribution in [3.8, 4) is 0 Å². The molecule has 1 aromatic heterocycles. The minimum absolute atomic E-state index is 0.183. The van der Waals surface area contributed by atoms with Crippen LogP contribution in [0.2, 0.25) is 0 Å². The number of amides is 1. The van der Waals surface area contributed by atoms with Gasteiger partial charge in [0.15, 0.2) is 0 Å². The van der Waals surface area contributed by atoms with E-state index in [-0.39, 0.29) is 18.4 Å². The van der Waals surface area contributed by atoms with Gasteiger partial charge in [-0.3, -0.25) is 9.78 Å². The molecule has 0 spiro atoms. The fraction of sp³-hybridized carbons (Fsp3) is 0.333. The smallest absolute Gasteiger partial charge is 0.219 e. The van der Waals surface area contributed by atoms with Crippen LogP contribution in [0.4, 0.5) is 0 Å². The molecule has 1 atom stereocenters. The molecule has 1 rings (SSSR count). The van der Waals surface area contributed by atoms with E-state index in [2.05, 4.69) is 4.98 Å². The Morgan fingerprint density at radius 3 is 3.00 bits per heavy atom. The molecule has 0 aromatic carbocycles. The summed E-state index contributed by atoms with van der Waals surface area (Å²) in [6.45, 7) is 0. The van der Waals surface area contributed by atoms with Gasteiger partial charge in [-0.15, -0.1) is 11.3 Å². The second-order valence-corrected chi connectivity index (χ2v) is 3.10. The maximum atomic E-state index is 10.4. The summed E-state index contributed by atoms with van der Waals surface area (Å²) in [6, 6.07) is -0.292. The Hall–Kier alpha value is -0.940. The molecule has 1 aromatic rings. The van der Waals surface area contributed by atoms with Crippen LogP contribution in [0.3, 0.4) is 0 Å². The molecule has 1 heterocycles. The Balaban J connectivity index is 2.56. The number of carbonyl (C=O) groups excluding carboxylic acids is 1. The summed E-state index contributed by atoms with van der Waals surface area (Å²) < 4.78 is 0. The van der Waals surface area contributed by atoms with Crippen molar-refractivity contribution in [2.24, 2.45) is 11.5 Å². The summed E-state index contributed by atoms with van der Waals surface area (Å²) in [6.07, 6.45) is 1.83. The van der Waals surface area contributed by atoms with Crippen LogP contribution < -0.4 is 11.5 Å². The van der Waals surface area contributed by atoms with Gasteiger partial charge in [0.2, 0.25) is 5.91 Å². The van der Waals surface area contributed by atoms with E-state index in [9.17, 15) is 4.79 Å². The highest BCUT2D eigenvalue weighted by Crippen LogP contribution is 2.16. The molecule has 0 fully saturated rings. The zero-order chi connectivity index (χ0) is 8.27. The molecular weight excluding hydrogens is 162 g/mol. The molecule has 0 radical (unpaired) electrons. The first kappa shape index (κ1) is 8.16. The van der Waals surface area contributed by atoms with E-state index in [1.165, 1.54) is 11.3 Å². The molecule has 4 nitrogen and oxygen atoms in total. The summed E-state index contributed by atoms with van der Waals surface area (Å²) >= 11 is 1.43. The van der Waals surface area contributed by atoms with Gasteiger partial charge in [-0.05, 0) is 0 Å². The minimum Gasteiger partial charge on any atom is -0.370 e. The second-order valence-electron chi connectivity index (χ2n) is 2.18. The van der Waals surface area contributed by atoms with Gasteiger partial charge in [0.05, 0.1) is 5.51 Å². The van der Waals surface area contributed by atoms with Crippen LogP contribution in [0.5, 0.6) is 0 Å². The van der Waals surface area contributed by atoms with Crippen molar-refractivity contribution in [1.29, 1.82) is 0 Å². The largest absolute Gasteiger partial charge is 0.370 e. The van der Waals surface area contributed by atoms with Crippen molar-refractivity contribution in [3.63, 3.8) is 0 Å². The summed E-state index contributed by atoms with van der Waals surface area (Å²) in [5.74, 6) is -0.383. The second kappa shape index (κ2) is 3.45. The molecule has 0 aliphatic heterocycles. The van der Waals surface area contributed by atoms with E-state index in [0.29, 0.717) is 0 Å². The molecule has 5 heteroatoms. The number of aromatic nitrogens is 1. The van der Waals surface area contributed by atoms with Crippen LogP contribution in [0.25, 0.3) is 0 Å². The van der Waals surface area contributed by atoms with Gasteiger partial charge >= 0.3 is 0 Å². The van der Waals surface area contributed by atoms with Crippen molar-refractivity contribution in [3.05, 3.63) is 16.6 Å². The highest BCUT2D eigenvalue weighted by molar-refractivity contribution is 7.09. The average Bonchev–Trinajstić information content (AvgIpc) is 2.35. The Morgan fingerprint density at radius 1 is 1.82 bits per heavy atom. The highest BCUT2D eigenvalue weighted by Gasteiger charge is 2.09. The van der Waals surface area contributed by atoms with E-state index in [4.69, 9.17) is 11.5 Å². The molecule has 0 saturated carbocycles. The molecule has 11 heavy (non-hydrogen) atoms. The van der Waals surface area contributed by atoms with Gasteiger partial charge in [0.1, 0.15) is 0 Å². The zero-order valence-corrected chi connectivity index (χ0v) is 6.67. The Morgan fingerprint density at radius 2 is 2.55 bits per heavy atom. The lowest BCUT2D eigenvalue weighted by molar-refractivity contribution is -0.118. The van der Waals surface area contributed by atoms with E-state index < -0.39 is 0 Å². The maximum Gasteiger partial charge on any atom is 0.219 e. The first-order valence-electron chi connectivity index (χ1n) is 3.12. The molecule has 0 aliphatic rings. The summed E-state index contributed by atoms with van der Waals surface area (Å²) in [4.78, 5) is 15.2. The lowest BCUT2D eigenvalue weighted by atomic mass is 10.2. The SMILES string of the molecule is NC(=O)CC(N)c1cncs1. The van der Waals surface area contributed by atoms with Crippen molar-refractivity contribution in [2.75, 3.05) is 0 Å². The first-order chi connectivity index (χ1) is 5.20. The van der Waals surface area contributed by atoms with Crippen LogP contribution >= 0.6 is 11.3 Å². The molecule has 4 N–H and O–H groups in total. The Labute approximate surface area is 68.2 Å². The zero-order valence-electron chi connectivity index (χ0n) is 5.86. The maximum absolute atomic E-state index is 10.4. The number of hydrogen-bond donors (Lipinski definition) is 2. The molecule has 0 saturated heterocycles. The van der Waals surface area contributed by atoms with Crippen LogP contribution in [0.1, 0.15) is 17.3 Å². The standard InChI is InChI=1S/C6H9N3OS/c7-4(1-6(8)10)5-2-9-3-11-5/h2-4H,1,7H2,(H2,8,10). The van der Waals surface area contributed by atoms with E-state index in [1.54, 1.807) is 11.7 Å². The molecule has 0 aliphatic carbocycles. The Kier molecular flexibility index (Phi) is 2.56. The molecule has 0 bridgehead atoms. The van der Waals surface area contributed by atoms with E-state index in [1.807, 2.05) is 0 Å². The summed E-state index contributed by atoms with van der Waals surface area (Å²) in [7, 11) is 0. The lowest BCUT2D eigenvalue weighted by Gasteiger charge is -2.03. The van der Waals surface area contributed by atoms with Crippen LogP contribution in [-0.2, 0) is 4.79 Å². The predicted octanol–water partition coefficient (Wildman–Crippen LogP) is 0.0183. The Bertz CT molecular complexity index is 234. The molecule has 1 unspecified atom stereocenters. The topological polar surface area (TPSA) is 82.0 Å². The van der Waals surface area contributed by atoms with E-state index in [0.717, 1.165) is 4.88 Å². The van der Waals surface area contributed by atoms with Gasteiger partial charge in [-0.2, -0.15) is 0 Å². The number of primary amides is 1. The van der Waals surface area contributed by atoms with Crippen molar-refractivity contribution in [2.45, 2.75) is 12.5 Å². The highest BCUT2D eigenvalue weighted by atomic mass is 32.1. The van der Waals surface area contributed by atoms with Gasteiger partial charge in [0, 0.05) is 23.5 Å². The fourth-order valence-corrected chi connectivity index (χ4v) is 1.35. The van der Waals surface area contributed by atoms with Crippen LogP contribution in [0, 0.1) is 0 Å². The normalized spacial score (nSPS) is 12.8. The number of nitrogens with two attached hydrogens (primary N) is 2. The summed E-state index contributed by atoms with van der Waals surface area (Å²) in [5.41, 5.74) is 12.3. The van der Waals surface area contributed by atoms with Gasteiger partial charge in [-0.1, -0.05) is 0 Å². The van der Waals surface area contributed by atoms with Crippen molar-refractivity contribution < 1.29 is 4.79 Å². The predicted molar refractivity (Wildman–Crippen MR) is 42.9 cm³/mol. The third kappa shape index (κ3) is 2.28. The first-order valence-corrected chi connectivity index (χ1v) is 4.00. The van der Waals surface area contributed by atoms with Gasteiger partial charge in [0.25, 0.3) is 0 Å². The van der Waals surface area contributed by atoms with Crippen molar-refractivity contribution >= 4 is 17.2 Å². The number of hydrogen-bond acceptors (Lipinski definition) is 4. The monoisotopic (exact) mass is 171 g/mol. The van der Waals surface area contributed by atoms with Gasteiger partial charge in [-0.25, -0.2) is 0 Å². The average molecular weight is 171 g/mol. The quantitative estimate of drug-likeness (QED) is 0.672. The van der Waals surface area contributed by atoms with Gasteiger partial charge < -0.3 is 11.5 Å². The fourth-order valence-electron chi connectivity index (χ4n) is 0.726. The van der Waals surface area contributed by atoms with Crippen LogP contribution in [0.15, 0.2) is 11.7 Å². The molecule has 60 valence electrons. The lowest BCUT2D eigenvalue weighted by Crippen LogP contribution is -2.19. The number of nitrogens with zero attached hydrogens (tertiary/aromatic N) is 1. The van der Waals surface area contributed by atoms with Crippen LogP contribution in [-0.4, -0.2) is 10.9 Å². The number of thiazole rings is 1. The number of carbonyl (C=O) groups is 1. The number of rotatable bonds is 3.